The van der Waals surface area contributed by atoms with Crippen LogP contribution in [-0.2, 0) is 11.3 Å². The molecule has 184 valence electrons. The van der Waals surface area contributed by atoms with E-state index in [0.29, 0.717) is 6.54 Å². The van der Waals surface area contributed by atoms with E-state index >= 15 is 0 Å². The number of carbonyl (C=O) groups is 1. The predicted molar refractivity (Wildman–Crippen MR) is 151 cm³/mol. The fourth-order valence-electron chi connectivity index (χ4n) is 4.33. The summed E-state index contributed by atoms with van der Waals surface area (Å²) in [6, 6.07) is 34.6. The van der Waals surface area contributed by atoms with E-state index in [9.17, 15) is 4.79 Å². The highest BCUT2D eigenvalue weighted by molar-refractivity contribution is 5.99. The molecule has 0 aliphatic heterocycles. The van der Waals surface area contributed by atoms with Gasteiger partial charge in [0.05, 0.1) is 6.54 Å². The maximum atomic E-state index is 10.9. The first-order valence-corrected chi connectivity index (χ1v) is 12.2. The summed E-state index contributed by atoms with van der Waals surface area (Å²) in [6.07, 6.45) is 3.54. The normalized spacial score (nSPS) is 11.7. The van der Waals surface area contributed by atoms with Gasteiger partial charge in [0, 0.05) is 17.5 Å². The summed E-state index contributed by atoms with van der Waals surface area (Å²) in [5.41, 5.74) is 16.7. The zero-order valence-corrected chi connectivity index (χ0v) is 20.7. The summed E-state index contributed by atoms with van der Waals surface area (Å²) in [4.78, 5) is 10.9. The van der Waals surface area contributed by atoms with Crippen molar-refractivity contribution >= 4 is 34.6 Å². The maximum Gasteiger partial charge on any atom is 0.328 e. The predicted octanol–water partition coefficient (Wildman–Crippen LogP) is 8.43. The Labute approximate surface area is 217 Å². The molecular weight excluding hydrogens is 458 g/mol. The number of carboxylic acid groups (broad SMARTS) is 1. The minimum absolute atomic E-state index is 0.335. The van der Waals surface area contributed by atoms with Crippen LogP contribution in [0.1, 0.15) is 41.2 Å². The Morgan fingerprint density at radius 1 is 0.838 bits per heavy atom. The van der Waals surface area contributed by atoms with Crippen LogP contribution in [0.2, 0.25) is 0 Å². The van der Waals surface area contributed by atoms with Crippen LogP contribution in [0.4, 0.5) is 11.4 Å². The number of hydrogen-bond donors (Lipinski definition) is 3. The average Bonchev–Trinajstić information content (AvgIpc) is 2.92. The number of nitrogens with zero attached hydrogens (tertiary/aromatic N) is 1. The van der Waals surface area contributed by atoms with Gasteiger partial charge in [0.15, 0.2) is 0 Å². The summed E-state index contributed by atoms with van der Waals surface area (Å²) in [5.74, 6) is -0.972. The monoisotopic (exact) mass is 487 g/mol. The topological polar surface area (TPSA) is 85.5 Å². The first-order chi connectivity index (χ1) is 18.1. The number of nitrogens with one attached hydrogen (secondary N) is 2. The molecule has 5 nitrogen and oxygen atoms in total. The van der Waals surface area contributed by atoms with Crippen molar-refractivity contribution in [3.63, 3.8) is 0 Å². The van der Waals surface area contributed by atoms with E-state index in [4.69, 9.17) is 10.6 Å². The molecule has 0 radical (unpaired) electrons. The van der Waals surface area contributed by atoms with Gasteiger partial charge >= 0.3 is 5.97 Å². The van der Waals surface area contributed by atoms with Gasteiger partial charge in [-0.1, -0.05) is 79.7 Å². The van der Waals surface area contributed by atoms with Crippen molar-refractivity contribution in [1.29, 1.82) is 5.53 Å². The molecule has 0 unspecified atom stereocenters. The number of allylic oxidation sites excluding steroid dienone is 1. The molecule has 0 amide bonds. The number of carboxylic acids is 1. The van der Waals surface area contributed by atoms with Gasteiger partial charge in [-0.25, -0.2) is 10.3 Å². The molecule has 0 aromatic heterocycles. The lowest BCUT2D eigenvalue weighted by molar-refractivity contribution is -0.131. The SMILES string of the molecule is CC/C(=C(/c1ccc(/C=C/C(=O)O)cc1)c1cccc(CN=N)c1)c1ccc(Nc2ccccc2)cc1. The van der Waals surface area contributed by atoms with Crippen LogP contribution >= 0.6 is 0 Å². The maximum absolute atomic E-state index is 10.9. The third-order valence-corrected chi connectivity index (χ3v) is 6.05. The molecule has 0 spiro atoms. The number of para-hydroxylation sites is 1. The largest absolute Gasteiger partial charge is 0.478 e. The second kappa shape index (κ2) is 12.3. The van der Waals surface area contributed by atoms with E-state index in [-0.39, 0.29) is 0 Å². The molecule has 0 fully saturated rings. The third kappa shape index (κ3) is 6.67. The van der Waals surface area contributed by atoms with Crippen molar-refractivity contribution < 1.29 is 9.90 Å². The molecular formula is C32H29N3O2. The average molecular weight is 488 g/mol. The highest BCUT2D eigenvalue weighted by Crippen LogP contribution is 2.35. The smallest absolute Gasteiger partial charge is 0.328 e. The van der Waals surface area contributed by atoms with E-state index in [0.717, 1.165) is 57.3 Å². The molecule has 4 aromatic carbocycles. The van der Waals surface area contributed by atoms with Gasteiger partial charge in [-0.05, 0) is 81.8 Å². The molecule has 3 N–H and O–H groups in total. The van der Waals surface area contributed by atoms with Crippen LogP contribution in [0.5, 0.6) is 0 Å². The molecule has 0 saturated heterocycles. The Balaban J connectivity index is 1.78. The van der Waals surface area contributed by atoms with Crippen LogP contribution in [0.15, 0.2) is 114 Å². The van der Waals surface area contributed by atoms with E-state index in [1.165, 1.54) is 5.57 Å². The molecule has 5 heteroatoms. The third-order valence-electron chi connectivity index (χ3n) is 6.05. The number of benzene rings is 4. The summed E-state index contributed by atoms with van der Waals surface area (Å²) in [7, 11) is 0. The fourth-order valence-corrected chi connectivity index (χ4v) is 4.33. The molecule has 37 heavy (non-hydrogen) atoms. The molecule has 4 aromatic rings. The number of hydrogen-bond acceptors (Lipinski definition) is 4. The van der Waals surface area contributed by atoms with Crippen molar-refractivity contribution in [2.45, 2.75) is 19.9 Å². The van der Waals surface area contributed by atoms with Crippen LogP contribution < -0.4 is 5.32 Å². The Hall–Kier alpha value is -4.77. The van der Waals surface area contributed by atoms with Crippen molar-refractivity contribution in [3.8, 4) is 0 Å². The van der Waals surface area contributed by atoms with E-state index in [1.54, 1.807) is 6.08 Å². The molecule has 0 aliphatic carbocycles. The molecule has 0 heterocycles. The van der Waals surface area contributed by atoms with Gasteiger partial charge < -0.3 is 10.4 Å². The van der Waals surface area contributed by atoms with Crippen molar-refractivity contribution in [2.75, 3.05) is 5.32 Å². The second-order valence-electron chi connectivity index (χ2n) is 8.59. The first kappa shape index (κ1) is 25.3. The molecule has 0 saturated carbocycles. The lowest BCUT2D eigenvalue weighted by atomic mass is 9.87. The minimum Gasteiger partial charge on any atom is -0.478 e. The number of anilines is 2. The minimum atomic E-state index is -0.972. The number of aliphatic carboxylic acids is 1. The van der Waals surface area contributed by atoms with E-state index in [2.05, 4.69) is 53.8 Å². The van der Waals surface area contributed by atoms with Crippen molar-refractivity contribution in [1.82, 2.24) is 0 Å². The first-order valence-electron chi connectivity index (χ1n) is 12.2. The van der Waals surface area contributed by atoms with Crippen LogP contribution in [0.25, 0.3) is 17.2 Å². The highest BCUT2D eigenvalue weighted by Gasteiger charge is 2.14. The summed E-state index contributed by atoms with van der Waals surface area (Å²) in [5, 5.41) is 15.9. The quantitative estimate of drug-likeness (QED) is 0.119. The van der Waals surface area contributed by atoms with E-state index in [1.807, 2.05) is 66.7 Å². The van der Waals surface area contributed by atoms with Gasteiger partial charge in [-0.15, -0.1) is 0 Å². The second-order valence-corrected chi connectivity index (χ2v) is 8.59. The lowest BCUT2D eigenvalue weighted by Crippen LogP contribution is -1.97. The van der Waals surface area contributed by atoms with Gasteiger partial charge in [0.1, 0.15) is 0 Å². The molecule has 0 atom stereocenters. The van der Waals surface area contributed by atoms with Gasteiger partial charge in [-0.2, -0.15) is 5.11 Å². The Morgan fingerprint density at radius 3 is 2.16 bits per heavy atom. The highest BCUT2D eigenvalue weighted by atomic mass is 16.4. The van der Waals surface area contributed by atoms with Gasteiger partial charge in [0.25, 0.3) is 0 Å². The molecule has 0 bridgehead atoms. The van der Waals surface area contributed by atoms with Gasteiger partial charge in [0.2, 0.25) is 0 Å². The van der Waals surface area contributed by atoms with Crippen LogP contribution in [-0.4, -0.2) is 11.1 Å². The Kier molecular flexibility index (Phi) is 8.40. The molecule has 4 rings (SSSR count). The van der Waals surface area contributed by atoms with E-state index < -0.39 is 5.97 Å². The van der Waals surface area contributed by atoms with Crippen molar-refractivity contribution in [3.05, 3.63) is 137 Å². The van der Waals surface area contributed by atoms with Crippen LogP contribution in [0, 0.1) is 5.53 Å². The Bertz CT molecular complexity index is 1420. The molecule has 0 aliphatic rings. The standard InChI is InChI=1S/C32H29N3O2/c1-2-30(25-16-18-29(19-17-25)35-28-9-4-3-5-10-28)32(27-8-6-7-24(21-27)22-34-33)26-14-11-23(12-15-26)13-20-31(36)37/h3-21,33,35H,2,22H2,1H3,(H,36,37)/b20-13+,32-30+,34-33?. The zero-order chi connectivity index (χ0) is 26.0. The van der Waals surface area contributed by atoms with Gasteiger partial charge in [-0.3, -0.25) is 0 Å². The zero-order valence-electron chi connectivity index (χ0n) is 20.7. The van der Waals surface area contributed by atoms with Crippen molar-refractivity contribution in [2.24, 2.45) is 5.11 Å². The Morgan fingerprint density at radius 2 is 1.51 bits per heavy atom. The number of rotatable bonds is 10. The van der Waals surface area contributed by atoms with Crippen LogP contribution in [0.3, 0.4) is 0 Å². The summed E-state index contributed by atoms with van der Waals surface area (Å²) >= 11 is 0. The lowest BCUT2D eigenvalue weighted by Gasteiger charge is -2.18. The summed E-state index contributed by atoms with van der Waals surface area (Å²) < 4.78 is 0. The fraction of sp³-hybridized carbons (Fsp3) is 0.0938. The summed E-state index contributed by atoms with van der Waals surface area (Å²) in [6.45, 7) is 2.49.